The third kappa shape index (κ3) is 7.39. The molecule has 0 radical (unpaired) electrons. The second kappa shape index (κ2) is 13.4. The maximum Gasteiger partial charge on any atom is 0.422 e. The summed E-state index contributed by atoms with van der Waals surface area (Å²) in [6, 6.07) is 9.02. The number of allylic oxidation sites excluding steroid dienone is 1. The number of halogens is 9. The Kier molecular flexibility index (Phi) is 10.1. The minimum Gasteiger partial charge on any atom is -0.209 e. The smallest absolute Gasteiger partial charge is 0.209 e. The fourth-order valence-corrected chi connectivity index (χ4v) is 5.67. The van der Waals surface area contributed by atoms with Gasteiger partial charge in [-0.15, -0.1) is 0 Å². The van der Waals surface area contributed by atoms with Crippen molar-refractivity contribution < 1.29 is 39.5 Å². The highest BCUT2D eigenvalue weighted by atomic mass is 19.4. The lowest BCUT2D eigenvalue weighted by atomic mass is 9.76. The first-order valence-electron chi connectivity index (χ1n) is 14.1. The van der Waals surface area contributed by atoms with Crippen molar-refractivity contribution in [3.63, 3.8) is 0 Å². The predicted molar refractivity (Wildman–Crippen MR) is 145 cm³/mol. The van der Waals surface area contributed by atoms with Crippen molar-refractivity contribution in [2.24, 2.45) is 5.92 Å². The highest BCUT2D eigenvalue weighted by Gasteiger charge is 2.38. The summed E-state index contributed by atoms with van der Waals surface area (Å²) in [5, 5.41) is 0. The molecule has 1 fully saturated rings. The number of hydrogen-bond donors (Lipinski definition) is 0. The van der Waals surface area contributed by atoms with E-state index >= 15 is 0 Å². The third-order valence-corrected chi connectivity index (χ3v) is 8.04. The van der Waals surface area contributed by atoms with Crippen molar-refractivity contribution in [2.45, 2.75) is 76.8 Å². The molecule has 1 saturated carbocycles. The van der Waals surface area contributed by atoms with Gasteiger partial charge >= 0.3 is 6.18 Å². The molecule has 0 heterocycles. The average Bonchev–Trinajstić information content (AvgIpc) is 2.93. The van der Waals surface area contributed by atoms with E-state index < -0.39 is 46.7 Å². The van der Waals surface area contributed by atoms with Crippen LogP contribution in [0.25, 0.3) is 17.0 Å². The fourth-order valence-electron chi connectivity index (χ4n) is 5.67. The van der Waals surface area contributed by atoms with Gasteiger partial charge in [0.15, 0.2) is 5.83 Å². The lowest BCUT2D eigenvalue weighted by molar-refractivity contribution is -0.142. The molecule has 3 aromatic rings. The molecule has 0 unspecified atom stereocenters. The molecule has 0 saturated heterocycles. The zero-order chi connectivity index (χ0) is 30.6. The summed E-state index contributed by atoms with van der Waals surface area (Å²) in [7, 11) is 0. The largest absolute Gasteiger partial charge is 0.422 e. The predicted octanol–water partition coefficient (Wildman–Crippen LogP) is 11.6. The molecule has 0 bridgehead atoms. The Morgan fingerprint density at radius 3 is 2.02 bits per heavy atom. The number of benzene rings is 3. The maximum absolute atomic E-state index is 14.8. The Bertz CT molecular complexity index is 1410. The van der Waals surface area contributed by atoms with Crippen LogP contribution >= 0.6 is 0 Å². The number of rotatable bonds is 9. The molecule has 0 spiro atoms. The minimum atomic E-state index is -5.21. The summed E-state index contributed by atoms with van der Waals surface area (Å²) in [6.07, 6.45) is 0.261. The van der Waals surface area contributed by atoms with Crippen LogP contribution in [0.3, 0.4) is 0 Å². The molecule has 3 aromatic carbocycles. The highest BCUT2D eigenvalue weighted by Crippen LogP contribution is 2.40. The van der Waals surface area contributed by atoms with E-state index in [0.29, 0.717) is 54.9 Å². The van der Waals surface area contributed by atoms with E-state index in [4.69, 9.17) is 0 Å². The van der Waals surface area contributed by atoms with Crippen LogP contribution in [-0.2, 0) is 12.6 Å². The van der Waals surface area contributed by atoms with Gasteiger partial charge in [-0.2, -0.15) is 13.2 Å². The summed E-state index contributed by atoms with van der Waals surface area (Å²) in [5.74, 6) is -6.63. The highest BCUT2D eigenvalue weighted by molar-refractivity contribution is 5.65. The molecule has 0 aliphatic heterocycles. The molecule has 0 atom stereocenters. The molecule has 0 nitrogen and oxygen atoms in total. The molecule has 226 valence electrons. The van der Waals surface area contributed by atoms with E-state index in [2.05, 4.69) is 0 Å². The lowest BCUT2D eigenvalue weighted by Gasteiger charge is -2.29. The molecule has 1 aliphatic rings. The molecule has 0 aromatic heterocycles. The Hall–Kier alpha value is -3.23. The molecular weight excluding hydrogens is 567 g/mol. The van der Waals surface area contributed by atoms with Gasteiger partial charge in [0.2, 0.25) is 0 Å². The summed E-state index contributed by atoms with van der Waals surface area (Å²) >= 11 is 0. The van der Waals surface area contributed by atoms with Crippen LogP contribution in [0.1, 0.15) is 86.5 Å². The lowest BCUT2D eigenvalue weighted by Crippen LogP contribution is -2.15. The second-order valence-electron chi connectivity index (χ2n) is 10.9. The van der Waals surface area contributed by atoms with Crippen LogP contribution in [0.5, 0.6) is 0 Å². The van der Waals surface area contributed by atoms with Gasteiger partial charge in [-0.3, -0.25) is 0 Å². The van der Waals surface area contributed by atoms with Crippen LogP contribution in [-0.4, -0.2) is 0 Å². The number of alkyl halides is 3. The SMILES string of the molecule is CCCC/C(F)=C(\F)c1ccc(C2CCC(CCc3ccc(-c4cc(F)c(C(F)(F)F)c(F)c4)c(F)c3)CC2)c(F)c1. The Labute approximate surface area is 239 Å². The zero-order valence-corrected chi connectivity index (χ0v) is 23.0. The van der Waals surface area contributed by atoms with Gasteiger partial charge < -0.3 is 0 Å². The van der Waals surface area contributed by atoms with Gasteiger partial charge in [0.25, 0.3) is 0 Å². The Morgan fingerprint density at radius 1 is 0.786 bits per heavy atom. The Balaban J connectivity index is 1.34. The van der Waals surface area contributed by atoms with Crippen molar-refractivity contribution in [2.75, 3.05) is 0 Å². The quantitative estimate of drug-likeness (QED) is 0.215. The maximum atomic E-state index is 14.8. The van der Waals surface area contributed by atoms with Gasteiger partial charge in [0.05, 0.1) is 0 Å². The normalized spacial score (nSPS) is 18.2. The van der Waals surface area contributed by atoms with Gasteiger partial charge in [-0.05, 0) is 97.7 Å². The van der Waals surface area contributed by atoms with Gasteiger partial charge in [-0.1, -0.05) is 37.6 Å². The first-order valence-corrected chi connectivity index (χ1v) is 14.1. The van der Waals surface area contributed by atoms with E-state index in [-0.39, 0.29) is 29.0 Å². The van der Waals surface area contributed by atoms with Crippen LogP contribution in [0.2, 0.25) is 0 Å². The van der Waals surface area contributed by atoms with E-state index in [1.54, 1.807) is 6.07 Å². The molecule has 1 aliphatic carbocycles. The monoisotopic (exact) mass is 598 g/mol. The molecule has 0 amide bonds. The molecule has 4 rings (SSSR count). The fraction of sp³-hybridized carbons (Fsp3) is 0.394. The third-order valence-electron chi connectivity index (χ3n) is 8.04. The standard InChI is InChI=1S/C33H31F9/c1-2-3-4-26(34)32(39)22-12-14-24(28(36)16-22)21-10-7-19(8-11-21)5-6-20-9-13-25(27(35)15-20)23-17-29(37)31(30(38)18-23)33(40,41)42/h9,12-19,21H,2-8,10-11H2,1H3/b32-26+. The average molecular weight is 599 g/mol. The number of hydrogen-bond acceptors (Lipinski definition) is 0. The second-order valence-corrected chi connectivity index (χ2v) is 10.9. The van der Waals surface area contributed by atoms with Crippen LogP contribution in [0.4, 0.5) is 39.5 Å². The summed E-state index contributed by atoms with van der Waals surface area (Å²) < 4.78 is 124. The number of aryl methyl sites for hydroxylation is 1. The number of unbranched alkanes of at least 4 members (excludes halogenated alkanes) is 1. The minimum absolute atomic E-state index is 0.0222. The Morgan fingerprint density at radius 2 is 1.45 bits per heavy atom. The van der Waals surface area contributed by atoms with Crippen molar-refractivity contribution in [1.82, 2.24) is 0 Å². The first kappa shape index (κ1) is 31.7. The van der Waals surface area contributed by atoms with E-state index in [0.717, 1.165) is 31.7 Å². The van der Waals surface area contributed by atoms with Gasteiger partial charge in [0, 0.05) is 17.5 Å². The van der Waals surface area contributed by atoms with Crippen molar-refractivity contribution in [3.8, 4) is 11.1 Å². The molecular formula is C33H31F9. The van der Waals surface area contributed by atoms with Gasteiger partial charge in [-0.25, -0.2) is 26.3 Å². The molecule has 42 heavy (non-hydrogen) atoms. The summed E-state index contributed by atoms with van der Waals surface area (Å²) in [5.41, 5.74) is -1.55. The van der Waals surface area contributed by atoms with E-state index in [9.17, 15) is 39.5 Å². The van der Waals surface area contributed by atoms with Crippen LogP contribution < -0.4 is 0 Å². The zero-order valence-electron chi connectivity index (χ0n) is 23.0. The van der Waals surface area contributed by atoms with Gasteiger partial charge in [0.1, 0.15) is 34.7 Å². The van der Waals surface area contributed by atoms with E-state index in [1.165, 1.54) is 24.3 Å². The van der Waals surface area contributed by atoms with Crippen LogP contribution in [0.15, 0.2) is 54.4 Å². The summed E-state index contributed by atoms with van der Waals surface area (Å²) in [4.78, 5) is 0. The van der Waals surface area contributed by atoms with Crippen molar-refractivity contribution in [3.05, 3.63) is 99.9 Å². The topological polar surface area (TPSA) is 0 Å². The van der Waals surface area contributed by atoms with Crippen LogP contribution in [0, 0.1) is 29.2 Å². The first-order chi connectivity index (χ1) is 19.9. The molecule has 9 heteroatoms. The van der Waals surface area contributed by atoms with Crippen molar-refractivity contribution in [1.29, 1.82) is 0 Å². The molecule has 0 N–H and O–H groups in total. The van der Waals surface area contributed by atoms with Crippen molar-refractivity contribution >= 4 is 5.83 Å². The summed E-state index contributed by atoms with van der Waals surface area (Å²) in [6.45, 7) is 1.87. The van der Waals surface area contributed by atoms with E-state index in [1.807, 2.05) is 6.92 Å².